The fourth-order valence-corrected chi connectivity index (χ4v) is 1.61. The highest BCUT2D eigenvalue weighted by atomic mass is 32.2. The van der Waals surface area contributed by atoms with E-state index in [0.717, 1.165) is 18.0 Å². The van der Waals surface area contributed by atoms with Gasteiger partial charge in [-0.15, -0.1) is 5.10 Å². The molecule has 0 spiro atoms. The van der Waals surface area contributed by atoms with Crippen LogP contribution in [0.15, 0.2) is 6.20 Å². The minimum absolute atomic E-state index is 0.391. The molecule has 0 saturated heterocycles. The molecule has 6 heteroatoms. The lowest BCUT2D eigenvalue weighted by Gasteiger charge is -2.13. The second-order valence-corrected chi connectivity index (χ2v) is 4.13. The standard InChI is InChI=1S/C10H19N3O2S/c1-4-14-10(15-5-2)9-8-13(12-11-9)6-7-16-3/h8,10H,4-7H2,1-3H3. The lowest BCUT2D eigenvalue weighted by atomic mass is 10.4. The maximum Gasteiger partial charge on any atom is 0.204 e. The molecule has 0 saturated carbocycles. The van der Waals surface area contributed by atoms with Crippen molar-refractivity contribution in [2.45, 2.75) is 26.7 Å². The van der Waals surface area contributed by atoms with Crippen LogP contribution in [0.3, 0.4) is 0 Å². The molecule has 0 radical (unpaired) electrons. The van der Waals surface area contributed by atoms with Crippen molar-refractivity contribution in [3.05, 3.63) is 11.9 Å². The average Bonchev–Trinajstić information content (AvgIpc) is 2.74. The number of aryl methyl sites for hydroxylation is 1. The molecule has 0 bridgehead atoms. The minimum atomic E-state index is -0.391. The highest BCUT2D eigenvalue weighted by Gasteiger charge is 2.15. The molecular weight excluding hydrogens is 226 g/mol. The SMILES string of the molecule is CCOC(OCC)c1cn(CCSC)nn1. The zero-order chi connectivity index (χ0) is 11.8. The van der Waals surface area contributed by atoms with Gasteiger partial charge in [0.05, 0.1) is 12.7 Å². The third-order valence-electron chi connectivity index (χ3n) is 1.96. The van der Waals surface area contributed by atoms with Crippen LogP contribution in [-0.2, 0) is 16.0 Å². The maximum absolute atomic E-state index is 5.44. The topological polar surface area (TPSA) is 49.2 Å². The Morgan fingerprint density at radius 3 is 2.62 bits per heavy atom. The van der Waals surface area contributed by atoms with E-state index in [4.69, 9.17) is 9.47 Å². The van der Waals surface area contributed by atoms with Crippen molar-refractivity contribution in [3.8, 4) is 0 Å². The van der Waals surface area contributed by atoms with E-state index >= 15 is 0 Å². The highest BCUT2D eigenvalue weighted by Crippen LogP contribution is 2.15. The third-order valence-corrected chi connectivity index (χ3v) is 2.55. The molecule has 1 rings (SSSR count). The molecule has 0 aliphatic carbocycles. The molecule has 16 heavy (non-hydrogen) atoms. The van der Waals surface area contributed by atoms with Gasteiger partial charge in [-0.1, -0.05) is 5.21 Å². The summed E-state index contributed by atoms with van der Waals surface area (Å²) >= 11 is 1.78. The summed E-state index contributed by atoms with van der Waals surface area (Å²) in [6.45, 7) is 5.93. The fourth-order valence-electron chi connectivity index (χ4n) is 1.24. The van der Waals surface area contributed by atoms with E-state index in [-0.39, 0.29) is 0 Å². The van der Waals surface area contributed by atoms with Gasteiger partial charge in [0.25, 0.3) is 0 Å². The van der Waals surface area contributed by atoms with Crippen LogP contribution in [-0.4, -0.2) is 40.2 Å². The summed E-state index contributed by atoms with van der Waals surface area (Å²) in [4.78, 5) is 0. The molecule has 0 fully saturated rings. The molecular formula is C10H19N3O2S. The lowest BCUT2D eigenvalue weighted by Crippen LogP contribution is -2.09. The van der Waals surface area contributed by atoms with E-state index in [0.29, 0.717) is 13.2 Å². The summed E-state index contributed by atoms with van der Waals surface area (Å²) in [6, 6.07) is 0. The number of thioether (sulfide) groups is 1. The summed E-state index contributed by atoms with van der Waals surface area (Å²) in [6.07, 6.45) is 3.56. The smallest absolute Gasteiger partial charge is 0.204 e. The van der Waals surface area contributed by atoms with Crippen LogP contribution < -0.4 is 0 Å². The van der Waals surface area contributed by atoms with E-state index in [1.807, 2.05) is 24.7 Å². The normalized spacial score (nSPS) is 11.2. The third kappa shape index (κ3) is 4.11. The number of nitrogens with zero attached hydrogens (tertiary/aromatic N) is 3. The van der Waals surface area contributed by atoms with Gasteiger partial charge in [0.15, 0.2) is 0 Å². The first-order chi connectivity index (χ1) is 7.81. The zero-order valence-electron chi connectivity index (χ0n) is 10.0. The van der Waals surface area contributed by atoms with Gasteiger partial charge in [0.1, 0.15) is 5.69 Å². The largest absolute Gasteiger partial charge is 0.347 e. The molecule has 92 valence electrons. The van der Waals surface area contributed by atoms with Crippen LogP contribution in [0.25, 0.3) is 0 Å². The van der Waals surface area contributed by atoms with Gasteiger partial charge in [-0.25, -0.2) is 0 Å². The molecule has 0 aromatic carbocycles. The number of ether oxygens (including phenoxy) is 2. The van der Waals surface area contributed by atoms with Crippen molar-refractivity contribution in [1.29, 1.82) is 0 Å². The number of hydrogen-bond donors (Lipinski definition) is 0. The quantitative estimate of drug-likeness (QED) is 0.653. The second-order valence-electron chi connectivity index (χ2n) is 3.14. The van der Waals surface area contributed by atoms with Gasteiger partial charge in [-0.2, -0.15) is 11.8 Å². The second kappa shape index (κ2) is 7.65. The molecule has 5 nitrogen and oxygen atoms in total. The Balaban J connectivity index is 2.58. The van der Waals surface area contributed by atoms with Gasteiger partial charge in [0.2, 0.25) is 6.29 Å². The molecule has 0 unspecified atom stereocenters. The van der Waals surface area contributed by atoms with Crippen molar-refractivity contribution >= 4 is 11.8 Å². The maximum atomic E-state index is 5.44. The van der Waals surface area contributed by atoms with E-state index in [9.17, 15) is 0 Å². The summed E-state index contributed by atoms with van der Waals surface area (Å²) in [5, 5.41) is 8.09. The van der Waals surface area contributed by atoms with Gasteiger partial charge < -0.3 is 9.47 Å². The molecule has 1 aromatic rings. The van der Waals surface area contributed by atoms with Crippen LogP contribution in [0.5, 0.6) is 0 Å². The number of rotatable bonds is 8. The summed E-state index contributed by atoms with van der Waals surface area (Å²) in [5.74, 6) is 1.02. The van der Waals surface area contributed by atoms with Crippen LogP contribution in [0.4, 0.5) is 0 Å². The minimum Gasteiger partial charge on any atom is -0.347 e. The Hall–Kier alpha value is -0.590. The average molecular weight is 245 g/mol. The first-order valence-electron chi connectivity index (χ1n) is 5.44. The van der Waals surface area contributed by atoms with E-state index in [2.05, 4.69) is 16.6 Å². The van der Waals surface area contributed by atoms with Crippen molar-refractivity contribution in [2.75, 3.05) is 25.2 Å². The summed E-state index contributed by atoms with van der Waals surface area (Å²) < 4.78 is 12.7. The zero-order valence-corrected chi connectivity index (χ0v) is 10.9. The van der Waals surface area contributed by atoms with Crippen LogP contribution in [0.2, 0.25) is 0 Å². The molecule has 0 amide bonds. The van der Waals surface area contributed by atoms with Gasteiger partial charge in [-0.05, 0) is 20.1 Å². The number of aromatic nitrogens is 3. The molecule has 1 heterocycles. The summed E-state index contributed by atoms with van der Waals surface area (Å²) in [7, 11) is 0. The van der Waals surface area contributed by atoms with Crippen molar-refractivity contribution < 1.29 is 9.47 Å². The molecule has 0 aliphatic heterocycles. The monoisotopic (exact) mass is 245 g/mol. The molecule has 0 N–H and O–H groups in total. The van der Waals surface area contributed by atoms with Crippen molar-refractivity contribution in [1.82, 2.24) is 15.0 Å². The van der Waals surface area contributed by atoms with E-state index in [1.165, 1.54) is 0 Å². The highest BCUT2D eigenvalue weighted by molar-refractivity contribution is 7.98. The van der Waals surface area contributed by atoms with Crippen molar-refractivity contribution in [3.63, 3.8) is 0 Å². The Bertz CT molecular complexity index is 287. The van der Waals surface area contributed by atoms with Gasteiger partial charge >= 0.3 is 0 Å². The predicted molar refractivity (Wildman–Crippen MR) is 64.4 cm³/mol. The van der Waals surface area contributed by atoms with Gasteiger partial charge in [-0.3, -0.25) is 4.68 Å². The summed E-state index contributed by atoms with van der Waals surface area (Å²) in [5.41, 5.74) is 0.741. The molecule has 0 atom stereocenters. The predicted octanol–water partition coefficient (Wildman–Crippen LogP) is 1.71. The van der Waals surface area contributed by atoms with Crippen LogP contribution >= 0.6 is 11.8 Å². The van der Waals surface area contributed by atoms with Gasteiger partial charge in [0, 0.05) is 19.0 Å². The van der Waals surface area contributed by atoms with Crippen LogP contribution in [0.1, 0.15) is 25.8 Å². The van der Waals surface area contributed by atoms with Crippen LogP contribution in [0, 0.1) is 0 Å². The first-order valence-corrected chi connectivity index (χ1v) is 6.83. The lowest BCUT2D eigenvalue weighted by molar-refractivity contribution is -0.142. The van der Waals surface area contributed by atoms with Crippen molar-refractivity contribution in [2.24, 2.45) is 0 Å². The Kier molecular flexibility index (Phi) is 6.44. The number of hydrogen-bond acceptors (Lipinski definition) is 5. The fraction of sp³-hybridized carbons (Fsp3) is 0.800. The molecule has 1 aromatic heterocycles. The Labute approximate surface area is 100 Å². The van der Waals surface area contributed by atoms with E-state index in [1.54, 1.807) is 11.8 Å². The Morgan fingerprint density at radius 2 is 2.06 bits per heavy atom. The van der Waals surface area contributed by atoms with E-state index < -0.39 is 6.29 Å². The first kappa shape index (κ1) is 13.5. The Morgan fingerprint density at radius 1 is 1.38 bits per heavy atom. The molecule has 0 aliphatic rings.